The van der Waals surface area contributed by atoms with E-state index in [9.17, 15) is 10.1 Å². The van der Waals surface area contributed by atoms with E-state index in [1.165, 1.54) is 17.7 Å². The van der Waals surface area contributed by atoms with E-state index in [0.717, 1.165) is 20.7 Å². The minimum Gasteiger partial charge on any atom is -0.258 e. The van der Waals surface area contributed by atoms with Crippen LogP contribution >= 0.6 is 27.7 Å². The number of nitro benzene ring substituents is 1. The van der Waals surface area contributed by atoms with Gasteiger partial charge in [0.25, 0.3) is 5.69 Å². The Morgan fingerprint density at radius 1 is 1.16 bits per heavy atom. The first-order valence-corrected chi connectivity index (χ1v) is 7.42. The molecule has 0 atom stereocenters. The predicted octanol–water partition coefficient (Wildman–Crippen LogP) is 5.07. The zero-order chi connectivity index (χ0) is 13.8. The standard InChI is InChI=1S/C14H12BrNO2S/c1-2-10-9-13(7-8-14(10)15)19-12-5-3-11(4-6-12)16(17)18/h3-9H,2H2,1H3. The van der Waals surface area contributed by atoms with Crippen molar-refractivity contribution in [1.29, 1.82) is 0 Å². The van der Waals surface area contributed by atoms with E-state index in [4.69, 9.17) is 0 Å². The Balaban J connectivity index is 2.19. The molecule has 0 N–H and O–H groups in total. The minimum absolute atomic E-state index is 0.120. The molecule has 0 radical (unpaired) electrons. The summed E-state index contributed by atoms with van der Waals surface area (Å²) < 4.78 is 1.11. The molecule has 19 heavy (non-hydrogen) atoms. The van der Waals surface area contributed by atoms with Crippen LogP contribution < -0.4 is 0 Å². The second-order valence-corrected chi connectivity index (χ2v) is 5.96. The molecule has 2 rings (SSSR count). The highest BCUT2D eigenvalue weighted by atomic mass is 79.9. The maximum Gasteiger partial charge on any atom is 0.269 e. The third-order valence-electron chi connectivity index (χ3n) is 2.68. The van der Waals surface area contributed by atoms with Gasteiger partial charge in [0.1, 0.15) is 0 Å². The highest BCUT2D eigenvalue weighted by molar-refractivity contribution is 9.10. The van der Waals surface area contributed by atoms with Crippen LogP contribution in [0.15, 0.2) is 56.7 Å². The third-order valence-corrected chi connectivity index (χ3v) is 4.45. The lowest BCUT2D eigenvalue weighted by molar-refractivity contribution is -0.384. The fraction of sp³-hybridized carbons (Fsp3) is 0.143. The topological polar surface area (TPSA) is 43.1 Å². The summed E-state index contributed by atoms with van der Waals surface area (Å²) in [4.78, 5) is 12.3. The maximum absolute atomic E-state index is 10.6. The van der Waals surface area contributed by atoms with Gasteiger partial charge >= 0.3 is 0 Å². The molecule has 98 valence electrons. The summed E-state index contributed by atoms with van der Waals surface area (Å²) >= 11 is 5.12. The zero-order valence-electron chi connectivity index (χ0n) is 10.3. The molecule has 0 aliphatic carbocycles. The molecule has 0 spiro atoms. The monoisotopic (exact) mass is 337 g/mol. The fourth-order valence-corrected chi connectivity index (χ4v) is 3.07. The van der Waals surface area contributed by atoms with E-state index in [0.29, 0.717) is 0 Å². The smallest absolute Gasteiger partial charge is 0.258 e. The van der Waals surface area contributed by atoms with E-state index in [-0.39, 0.29) is 10.6 Å². The van der Waals surface area contributed by atoms with Crippen LogP contribution in [0.2, 0.25) is 0 Å². The molecule has 0 aliphatic rings. The Kier molecular flexibility index (Phi) is 4.61. The minimum atomic E-state index is -0.386. The molecule has 0 aromatic heterocycles. The van der Waals surface area contributed by atoms with Gasteiger partial charge in [-0.3, -0.25) is 10.1 Å². The second kappa shape index (κ2) is 6.21. The SMILES string of the molecule is CCc1cc(Sc2ccc([N+](=O)[O-])cc2)ccc1Br. The van der Waals surface area contributed by atoms with Gasteiger partial charge in [-0.15, -0.1) is 0 Å². The first kappa shape index (κ1) is 14.1. The van der Waals surface area contributed by atoms with Crippen LogP contribution in [0.25, 0.3) is 0 Å². The van der Waals surface area contributed by atoms with Gasteiger partial charge in [0.15, 0.2) is 0 Å². The number of benzene rings is 2. The van der Waals surface area contributed by atoms with Crippen molar-refractivity contribution in [3.63, 3.8) is 0 Å². The van der Waals surface area contributed by atoms with Gasteiger partial charge in [0, 0.05) is 26.4 Å². The zero-order valence-corrected chi connectivity index (χ0v) is 12.7. The number of hydrogen-bond donors (Lipinski definition) is 0. The van der Waals surface area contributed by atoms with Crippen molar-refractivity contribution in [2.75, 3.05) is 0 Å². The fourth-order valence-electron chi connectivity index (χ4n) is 1.66. The van der Waals surface area contributed by atoms with Crippen LogP contribution in [0.5, 0.6) is 0 Å². The summed E-state index contributed by atoms with van der Waals surface area (Å²) in [6, 6.07) is 12.8. The molecule has 0 fully saturated rings. The molecule has 0 saturated heterocycles. The summed E-state index contributed by atoms with van der Waals surface area (Å²) in [6.07, 6.45) is 0.968. The first-order valence-electron chi connectivity index (χ1n) is 5.81. The van der Waals surface area contributed by atoms with Crippen molar-refractivity contribution in [2.24, 2.45) is 0 Å². The molecule has 0 aliphatic heterocycles. The third kappa shape index (κ3) is 3.58. The molecule has 3 nitrogen and oxygen atoms in total. The van der Waals surface area contributed by atoms with Gasteiger partial charge in [-0.2, -0.15) is 0 Å². The largest absolute Gasteiger partial charge is 0.269 e. The highest BCUT2D eigenvalue weighted by Gasteiger charge is 2.06. The van der Waals surface area contributed by atoms with Gasteiger partial charge in [0.05, 0.1) is 4.92 Å². The molecule has 0 amide bonds. The summed E-state index contributed by atoms with van der Waals surface area (Å²) in [7, 11) is 0. The van der Waals surface area contributed by atoms with Crippen LogP contribution in [0.3, 0.4) is 0 Å². The molecule has 0 heterocycles. The van der Waals surface area contributed by atoms with Gasteiger partial charge in [-0.25, -0.2) is 0 Å². The number of non-ortho nitro benzene ring substituents is 1. The molecule has 0 saturated carbocycles. The number of nitro groups is 1. The molecule has 0 bridgehead atoms. The lowest BCUT2D eigenvalue weighted by atomic mass is 10.2. The van der Waals surface area contributed by atoms with Gasteiger partial charge in [-0.05, 0) is 42.3 Å². The van der Waals surface area contributed by atoms with Crippen LogP contribution in [0.1, 0.15) is 12.5 Å². The Hall–Kier alpha value is -1.33. The summed E-state index contributed by atoms with van der Waals surface area (Å²) in [5.74, 6) is 0. The molecule has 0 unspecified atom stereocenters. The van der Waals surface area contributed by atoms with Crippen LogP contribution in [0.4, 0.5) is 5.69 Å². The van der Waals surface area contributed by atoms with Crippen LogP contribution in [-0.2, 0) is 6.42 Å². The normalized spacial score (nSPS) is 10.4. The van der Waals surface area contributed by atoms with Gasteiger partial charge < -0.3 is 0 Å². The Morgan fingerprint density at radius 3 is 2.37 bits per heavy atom. The Bertz CT molecular complexity index is 599. The lowest BCUT2D eigenvalue weighted by Gasteiger charge is -2.06. The number of hydrogen-bond acceptors (Lipinski definition) is 3. The van der Waals surface area contributed by atoms with E-state index >= 15 is 0 Å². The average molecular weight is 338 g/mol. The molecular weight excluding hydrogens is 326 g/mol. The van der Waals surface area contributed by atoms with E-state index in [2.05, 4.69) is 28.9 Å². The average Bonchev–Trinajstić information content (AvgIpc) is 2.41. The summed E-state index contributed by atoms with van der Waals surface area (Å²) in [6.45, 7) is 2.11. The quantitative estimate of drug-likeness (QED) is 0.577. The van der Waals surface area contributed by atoms with Crippen molar-refractivity contribution < 1.29 is 4.92 Å². The van der Waals surface area contributed by atoms with Gasteiger partial charge in [0.2, 0.25) is 0 Å². The number of rotatable bonds is 4. The lowest BCUT2D eigenvalue weighted by Crippen LogP contribution is -1.87. The van der Waals surface area contributed by atoms with Crippen molar-refractivity contribution >= 4 is 33.4 Å². The highest BCUT2D eigenvalue weighted by Crippen LogP contribution is 2.31. The molecule has 2 aromatic carbocycles. The van der Waals surface area contributed by atoms with E-state index in [1.54, 1.807) is 23.9 Å². The molecule has 5 heteroatoms. The summed E-state index contributed by atoms with van der Waals surface area (Å²) in [5, 5.41) is 10.6. The van der Waals surface area contributed by atoms with Crippen molar-refractivity contribution in [1.82, 2.24) is 0 Å². The second-order valence-electron chi connectivity index (χ2n) is 3.96. The van der Waals surface area contributed by atoms with Gasteiger partial charge in [-0.1, -0.05) is 34.6 Å². The first-order chi connectivity index (χ1) is 9.10. The maximum atomic E-state index is 10.6. The van der Waals surface area contributed by atoms with Crippen molar-refractivity contribution in [3.05, 3.63) is 62.6 Å². The number of aryl methyl sites for hydroxylation is 1. The number of nitrogens with zero attached hydrogens (tertiary/aromatic N) is 1. The van der Waals surface area contributed by atoms with Crippen molar-refractivity contribution in [2.45, 2.75) is 23.1 Å². The van der Waals surface area contributed by atoms with E-state index < -0.39 is 0 Å². The summed E-state index contributed by atoms with van der Waals surface area (Å²) in [5.41, 5.74) is 1.38. The van der Waals surface area contributed by atoms with Crippen LogP contribution in [-0.4, -0.2) is 4.92 Å². The van der Waals surface area contributed by atoms with Crippen molar-refractivity contribution in [3.8, 4) is 0 Å². The predicted molar refractivity (Wildman–Crippen MR) is 80.7 cm³/mol. The molecule has 2 aromatic rings. The number of halogens is 1. The van der Waals surface area contributed by atoms with Crippen LogP contribution in [0, 0.1) is 10.1 Å². The molecular formula is C14H12BrNO2S. The Morgan fingerprint density at radius 2 is 1.79 bits per heavy atom. The van der Waals surface area contributed by atoms with E-state index in [1.807, 2.05) is 12.1 Å². The Labute approximate surface area is 124 Å².